The van der Waals surface area contributed by atoms with Crippen LogP contribution in [0.25, 0.3) is 0 Å². The number of hydrogen-bond donors (Lipinski definition) is 2. The standard InChI is InChI=1S/C16H27NO4/c1-2-12-3-5-13(6-4-12)14(18)17-11-16(15(19)20)7-9-21-10-8-16/h12-13H,2-11H2,1H3,(H,17,18)(H,19,20). The van der Waals surface area contributed by atoms with E-state index < -0.39 is 11.4 Å². The average molecular weight is 297 g/mol. The molecular weight excluding hydrogens is 270 g/mol. The molecule has 1 aliphatic carbocycles. The maximum atomic E-state index is 12.3. The number of amides is 1. The fourth-order valence-corrected chi connectivity index (χ4v) is 3.46. The number of carboxylic acid groups (broad SMARTS) is 1. The molecule has 2 N–H and O–H groups in total. The van der Waals surface area contributed by atoms with Crippen LogP contribution in [0, 0.1) is 17.3 Å². The number of nitrogens with one attached hydrogen (secondary N) is 1. The average Bonchev–Trinajstić information content (AvgIpc) is 2.53. The molecular formula is C16H27NO4. The van der Waals surface area contributed by atoms with Crippen LogP contribution in [0.4, 0.5) is 0 Å². The van der Waals surface area contributed by atoms with Crippen molar-refractivity contribution in [2.24, 2.45) is 17.3 Å². The second kappa shape index (κ2) is 7.25. The number of rotatable bonds is 5. The van der Waals surface area contributed by atoms with Gasteiger partial charge in [-0.25, -0.2) is 0 Å². The molecule has 0 unspecified atom stereocenters. The van der Waals surface area contributed by atoms with Crippen molar-refractivity contribution in [2.75, 3.05) is 19.8 Å². The lowest BCUT2D eigenvalue weighted by Gasteiger charge is -2.34. The van der Waals surface area contributed by atoms with E-state index in [1.807, 2.05) is 0 Å². The van der Waals surface area contributed by atoms with E-state index >= 15 is 0 Å². The summed E-state index contributed by atoms with van der Waals surface area (Å²) in [7, 11) is 0. The zero-order chi connectivity index (χ0) is 15.3. The Morgan fingerprint density at radius 3 is 2.33 bits per heavy atom. The van der Waals surface area contributed by atoms with E-state index in [-0.39, 0.29) is 18.4 Å². The smallest absolute Gasteiger partial charge is 0.311 e. The Labute approximate surface area is 126 Å². The van der Waals surface area contributed by atoms with Crippen LogP contribution in [0.5, 0.6) is 0 Å². The predicted molar refractivity (Wildman–Crippen MR) is 78.9 cm³/mol. The fourth-order valence-electron chi connectivity index (χ4n) is 3.46. The summed E-state index contributed by atoms with van der Waals surface area (Å²) in [6.45, 7) is 3.36. The number of carbonyl (C=O) groups is 2. The van der Waals surface area contributed by atoms with Gasteiger partial charge in [0.2, 0.25) is 5.91 Å². The van der Waals surface area contributed by atoms with Crippen molar-refractivity contribution < 1.29 is 19.4 Å². The summed E-state index contributed by atoms with van der Waals surface area (Å²) in [5.41, 5.74) is -0.839. The van der Waals surface area contributed by atoms with Crippen LogP contribution >= 0.6 is 0 Å². The normalized spacial score (nSPS) is 28.8. The van der Waals surface area contributed by atoms with Crippen molar-refractivity contribution in [1.29, 1.82) is 0 Å². The summed E-state index contributed by atoms with van der Waals surface area (Å²) in [4.78, 5) is 23.8. The Morgan fingerprint density at radius 1 is 1.19 bits per heavy atom. The molecule has 5 nitrogen and oxygen atoms in total. The fraction of sp³-hybridized carbons (Fsp3) is 0.875. The van der Waals surface area contributed by atoms with E-state index in [9.17, 15) is 14.7 Å². The molecule has 1 aliphatic heterocycles. The van der Waals surface area contributed by atoms with Crippen molar-refractivity contribution in [3.05, 3.63) is 0 Å². The zero-order valence-electron chi connectivity index (χ0n) is 12.9. The summed E-state index contributed by atoms with van der Waals surface area (Å²) < 4.78 is 5.25. The molecule has 0 aromatic carbocycles. The van der Waals surface area contributed by atoms with Gasteiger partial charge in [-0.1, -0.05) is 13.3 Å². The van der Waals surface area contributed by atoms with Crippen molar-refractivity contribution in [3.8, 4) is 0 Å². The second-order valence-corrected chi connectivity index (χ2v) is 6.54. The van der Waals surface area contributed by atoms with Gasteiger partial charge in [0, 0.05) is 25.7 Å². The summed E-state index contributed by atoms with van der Waals surface area (Å²) in [6.07, 6.45) is 6.26. The summed E-state index contributed by atoms with van der Waals surface area (Å²) >= 11 is 0. The van der Waals surface area contributed by atoms with E-state index in [0.717, 1.165) is 31.6 Å². The molecule has 0 spiro atoms. The molecule has 1 saturated heterocycles. The summed E-state index contributed by atoms with van der Waals surface area (Å²) in [5, 5.41) is 12.4. The molecule has 2 aliphatic rings. The maximum absolute atomic E-state index is 12.3. The summed E-state index contributed by atoms with van der Waals surface area (Å²) in [5.74, 6) is 0.0471. The SMILES string of the molecule is CCC1CCC(C(=O)NCC2(C(=O)O)CCOCC2)CC1. The van der Waals surface area contributed by atoms with E-state index in [0.29, 0.717) is 26.1 Å². The number of aliphatic carboxylic acids is 1. The minimum absolute atomic E-state index is 0.0386. The van der Waals surface area contributed by atoms with Crippen molar-refractivity contribution >= 4 is 11.9 Å². The monoisotopic (exact) mass is 297 g/mol. The van der Waals surface area contributed by atoms with Gasteiger partial charge in [-0.15, -0.1) is 0 Å². The molecule has 0 aromatic rings. The molecule has 2 rings (SSSR count). The van der Waals surface area contributed by atoms with E-state index in [1.165, 1.54) is 6.42 Å². The highest BCUT2D eigenvalue weighted by Gasteiger charge is 2.41. The van der Waals surface area contributed by atoms with Gasteiger partial charge in [-0.2, -0.15) is 0 Å². The van der Waals surface area contributed by atoms with Crippen LogP contribution in [-0.2, 0) is 14.3 Å². The first-order chi connectivity index (χ1) is 10.1. The number of carboxylic acids is 1. The minimum atomic E-state index is -0.839. The van der Waals surface area contributed by atoms with Crippen LogP contribution in [0.15, 0.2) is 0 Å². The van der Waals surface area contributed by atoms with Crippen LogP contribution in [0.3, 0.4) is 0 Å². The molecule has 0 radical (unpaired) electrons. The molecule has 5 heteroatoms. The van der Waals surface area contributed by atoms with Gasteiger partial charge in [0.05, 0.1) is 5.41 Å². The topological polar surface area (TPSA) is 75.6 Å². The third-order valence-electron chi connectivity index (χ3n) is 5.30. The maximum Gasteiger partial charge on any atom is 0.311 e. The molecule has 1 saturated carbocycles. The molecule has 0 atom stereocenters. The van der Waals surface area contributed by atoms with E-state index in [4.69, 9.17) is 4.74 Å². The van der Waals surface area contributed by atoms with Crippen molar-refractivity contribution in [2.45, 2.75) is 51.9 Å². The Kier molecular flexibility index (Phi) is 5.62. The first-order valence-corrected chi connectivity index (χ1v) is 8.16. The van der Waals surface area contributed by atoms with Crippen molar-refractivity contribution in [1.82, 2.24) is 5.32 Å². The Hall–Kier alpha value is -1.10. The first-order valence-electron chi connectivity index (χ1n) is 8.16. The molecule has 0 aromatic heterocycles. The van der Waals surface area contributed by atoms with Gasteiger partial charge >= 0.3 is 5.97 Å². The highest BCUT2D eigenvalue weighted by Crippen LogP contribution is 2.32. The predicted octanol–water partition coefficient (Wildman–Crippen LogP) is 2.20. The molecule has 120 valence electrons. The third kappa shape index (κ3) is 3.96. The highest BCUT2D eigenvalue weighted by atomic mass is 16.5. The van der Waals surface area contributed by atoms with E-state index in [1.54, 1.807) is 0 Å². The largest absolute Gasteiger partial charge is 0.481 e. The Balaban J connectivity index is 1.83. The Bertz CT molecular complexity index is 368. The molecule has 2 fully saturated rings. The van der Waals surface area contributed by atoms with Crippen LogP contribution in [-0.4, -0.2) is 36.7 Å². The van der Waals surface area contributed by atoms with E-state index in [2.05, 4.69) is 12.2 Å². The lowest BCUT2D eigenvalue weighted by atomic mass is 9.78. The number of hydrogen-bond acceptors (Lipinski definition) is 3. The zero-order valence-corrected chi connectivity index (χ0v) is 12.9. The van der Waals surface area contributed by atoms with Gasteiger partial charge in [-0.3, -0.25) is 9.59 Å². The van der Waals surface area contributed by atoms with Gasteiger partial charge < -0.3 is 15.2 Å². The van der Waals surface area contributed by atoms with Crippen LogP contribution < -0.4 is 5.32 Å². The minimum Gasteiger partial charge on any atom is -0.481 e. The highest BCUT2D eigenvalue weighted by molar-refractivity contribution is 5.80. The Morgan fingerprint density at radius 2 is 1.81 bits per heavy atom. The number of carbonyl (C=O) groups excluding carboxylic acids is 1. The molecule has 1 amide bonds. The van der Waals surface area contributed by atoms with Crippen LogP contribution in [0.1, 0.15) is 51.9 Å². The molecule has 21 heavy (non-hydrogen) atoms. The quantitative estimate of drug-likeness (QED) is 0.815. The first kappa shape index (κ1) is 16.3. The van der Waals surface area contributed by atoms with Crippen molar-refractivity contribution in [3.63, 3.8) is 0 Å². The molecule has 1 heterocycles. The van der Waals surface area contributed by atoms with Gasteiger partial charge in [0.1, 0.15) is 0 Å². The third-order valence-corrected chi connectivity index (χ3v) is 5.30. The van der Waals surface area contributed by atoms with Gasteiger partial charge in [0.15, 0.2) is 0 Å². The lowest BCUT2D eigenvalue weighted by Crippen LogP contribution is -2.48. The van der Waals surface area contributed by atoms with Crippen LogP contribution in [0.2, 0.25) is 0 Å². The number of ether oxygens (including phenoxy) is 1. The second-order valence-electron chi connectivity index (χ2n) is 6.54. The summed E-state index contributed by atoms with van der Waals surface area (Å²) in [6, 6.07) is 0. The van der Waals surface area contributed by atoms with Gasteiger partial charge in [-0.05, 0) is 44.4 Å². The van der Waals surface area contributed by atoms with Gasteiger partial charge in [0.25, 0.3) is 0 Å². The lowest BCUT2D eigenvalue weighted by molar-refractivity contribution is -0.154. The molecule has 0 bridgehead atoms.